The number of carboxylic acids is 1. The standard InChI is InChI=1S/C13H18O7/c1-8(2)12(16)19-5-9(3-4-11(14)15)13(17)20-7-10-6-18-10/h9-10H,1,3-7H2,2H3,(H,14,15). The van der Waals surface area contributed by atoms with Gasteiger partial charge in [0.1, 0.15) is 19.3 Å². The van der Waals surface area contributed by atoms with Crippen LogP contribution < -0.4 is 0 Å². The van der Waals surface area contributed by atoms with Crippen LogP contribution in [0.5, 0.6) is 0 Å². The van der Waals surface area contributed by atoms with Crippen molar-refractivity contribution in [2.75, 3.05) is 19.8 Å². The Kier molecular flexibility index (Phi) is 6.17. The maximum absolute atomic E-state index is 11.8. The second-order valence-electron chi connectivity index (χ2n) is 4.59. The molecule has 1 fully saturated rings. The highest BCUT2D eigenvalue weighted by molar-refractivity contribution is 5.87. The van der Waals surface area contributed by atoms with Crippen molar-refractivity contribution in [2.24, 2.45) is 5.92 Å². The number of epoxide rings is 1. The van der Waals surface area contributed by atoms with Gasteiger partial charge in [-0.3, -0.25) is 9.59 Å². The Morgan fingerprint density at radius 3 is 2.55 bits per heavy atom. The fourth-order valence-corrected chi connectivity index (χ4v) is 1.32. The van der Waals surface area contributed by atoms with E-state index < -0.39 is 23.8 Å². The molecule has 7 heteroatoms. The first-order chi connectivity index (χ1) is 9.40. The van der Waals surface area contributed by atoms with Crippen molar-refractivity contribution in [2.45, 2.75) is 25.9 Å². The number of hydrogen-bond acceptors (Lipinski definition) is 6. The van der Waals surface area contributed by atoms with Crippen LogP contribution in [-0.4, -0.2) is 48.9 Å². The monoisotopic (exact) mass is 286 g/mol. The van der Waals surface area contributed by atoms with Crippen molar-refractivity contribution in [1.29, 1.82) is 0 Å². The van der Waals surface area contributed by atoms with Gasteiger partial charge in [-0.2, -0.15) is 0 Å². The van der Waals surface area contributed by atoms with Crippen LogP contribution in [0.1, 0.15) is 19.8 Å². The summed E-state index contributed by atoms with van der Waals surface area (Å²) in [6, 6.07) is 0. The molecule has 0 aromatic carbocycles. The Morgan fingerprint density at radius 2 is 2.05 bits per heavy atom. The number of esters is 2. The van der Waals surface area contributed by atoms with E-state index in [1.807, 2.05) is 0 Å². The number of ether oxygens (including phenoxy) is 3. The van der Waals surface area contributed by atoms with E-state index >= 15 is 0 Å². The van der Waals surface area contributed by atoms with Crippen LogP contribution in [-0.2, 0) is 28.6 Å². The van der Waals surface area contributed by atoms with Gasteiger partial charge in [-0.15, -0.1) is 0 Å². The van der Waals surface area contributed by atoms with Gasteiger partial charge in [-0.05, 0) is 13.3 Å². The second-order valence-corrected chi connectivity index (χ2v) is 4.59. The summed E-state index contributed by atoms with van der Waals surface area (Å²) in [4.78, 5) is 33.6. The number of rotatable bonds is 9. The average molecular weight is 286 g/mol. The Labute approximate surface area is 116 Å². The Bertz CT molecular complexity index is 398. The fourth-order valence-electron chi connectivity index (χ4n) is 1.32. The van der Waals surface area contributed by atoms with Gasteiger partial charge in [-0.1, -0.05) is 6.58 Å². The lowest BCUT2D eigenvalue weighted by atomic mass is 10.0. The Balaban J connectivity index is 2.43. The molecule has 0 aliphatic carbocycles. The number of hydrogen-bond donors (Lipinski definition) is 1. The van der Waals surface area contributed by atoms with Crippen molar-refractivity contribution in [3.63, 3.8) is 0 Å². The smallest absolute Gasteiger partial charge is 0.333 e. The molecule has 7 nitrogen and oxygen atoms in total. The predicted octanol–water partition coefficient (Wildman–Crippen LogP) is 0.529. The van der Waals surface area contributed by atoms with E-state index in [0.29, 0.717) is 6.61 Å². The van der Waals surface area contributed by atoms with Crippen molar-refractivity contribution in [1.82, 2.24) is 0 Å². The van der Waals surface area contributed by atoms with Crippen molar-refractivity contribution >= 4 is 17.9 Å². The second kappa shape index (κ2) is 7.64. The highest BCUT2D eigenvalue weighted by atomic mass is 16.6. The number of carbonyl (C=O) groups excluding carboxylic acids is 2. The van der Waals surface area contributed by atoms with Crippen LogP contribution >= 0.6 is 0 Å². The van der Waals surface area contributed by atoms with Crippen LogP contribution in [0.3, 0.4) is 0 Å². The maximum atomic E-state index is 11.8. The molecule has 0 bridgehead atoms. The van der Waals surface area contributed by atoms with Crippen LogP contribution in [0.4, 0.5) is 0 Å². The number of carboxylic acid groups (broad SMARTS) is 1. The van der Waals surface area contributed by atoms with Gasteiger partial charge >= 0.3 is 17.9 Å². The molecule has 1 N–H and O–H groups in total. The Hall–Kier alpha value is -1.89. The molecule has 0 aromatic heterocycles. The quantitative estimate of drug-likeness (QED) is 0.374. The van der Waals surface area contributed by atoms with Gasteiger partial charge in [0.15, 0.2) is 0 Å². The third kappa shape index (κ3) is 6.33. The van der Waals surface area contributed by atoms with Gasteiger partial charge in [0.05, 0.1) is 12.5 Å². The molecule has 0 aromatic rings. The molecule has 0 amide bonds. The lowest BCUT2D eigenvalue weighted by Gasteiger charge is -2.15. The summed E-state index contributed by atoms with van der Waals surface area (Å²) < 4.78 is 14.8. The lowest BCUT2D eigenvalue weighted by Crippen LogP contribution is -2.26. The van der Waals surface area contributed by atoms with Gasteiger partial charge < -0.3 is 19.3 Å². The minimum atomic E-state index is -1.03. The zero-order chi connectivity index (χ0) is 15.1. The van der Waals surface area contributed by atoms with E-state index in [0.717, 1.165) is 0 Å². The minimum absolute atomic E-state index is 0.0448. The van der Waals surface area contributed by atoms with E-state index in [1.54, 1.807) is 0 Å². The van der Waals surface area contributed by atoms with Crippen molar-refractivity contribution in [3.05, 3.63) is 12.2 Å². The molecule has 20 heavy (non-hydrogen) atoms. The molecular weight excluding hydrogens is 268 g/mol. The lowest BCUT2D eigenvalue weighted by molar-refractivity contribution is -0.154. The Morgan fingerprint density at radius 1 is 1.40 bits per heavy atom. The third-order valence-corrected chi connectivity index (χ3v) is 2.62. The van der Waals surface area contributed by atoms with Gasteiger partial charge in [0.2, 0.25) is 0 Å². The largest absolute Gasteiger partial charge is 0.481 e. The average Bonchev–Trinajstić information content (AvgIpc) is 3.19. The number of aliphatic carboxylic acids is 1. The first-order valence-corrected chi connectivity index (χ1v) is 6.22. The van der Waals surface area contributed by atoms with E-state index in [1.165, 1.54) is 6.92 Å². The summed E-state index contributed by atoms with van der Waals surface area (Å²) in [7, 11) is 0. The summed E-state index contributed by atoms with van der Waals surface area (Å²) in [6.07, 6.45) is -0.231. The van der Waals surface area contributed by atoms with E-state index in [9.17, 15) is 14.4 Å². The molecular formula is C13H18O7. The summed E-state index contributed by atoms with van der Waals surface area (Å²) in [5.74, 6) is -3.03. The zero-order valence-corrected chi connectivity index (χ0v) is 11.3. The molecule has 0 radical (unpaired) electrons. The summed E-state index contributed by atoms with van der Waals surface area (Å²) >= 11 is 0. The molecule has 2 atom stereocenters. The van der Waals surface area contributed by atoms with E-state index in [2.05, 4.69) is 6.58 Å². The summed E-state index contributed by atoms with van der Waals surface area (Å²) in [6.45, 7) is 5.37. The summed E-state index contributed by atoms with van der Waals surface area (Å²) in [5.41, 5.74) is 0.210. The van der Waals surface area contributed by atoms with Gasteiger partial charge in [0, 0.05) is 12.0 Å². The first-order valence-electron chi connectivity index (χ1n) is 6.22. The van der Waals surface area contributed by atoms with Crippen LogP contribution in [0.2, 0.25) is 0 Å². The highest BCUT2D eigenvalue weighted by Crippen LogP contribution is 2.14. The molecule has 1 aliphatic heterocycles. The predicted molar refractivity (Wildman–Crippen MR) is 66.8 cm³/mol. The third-order valence-electron chi connectivity index (χ3n) is 2.62. The van der Waals surface area contributed by atoms with Crippen LogP contribution in [0.25, 0.3) is 0 Å². The molecule has 0 spiro atoms. The number of carbonyl (C=O) groups is 3. The normalized spacial score (nSPS) is 17.9. The highest BCUT2D eigenvalue weighted by Gasteiger charge is 2.28. The minimum Gasteiger partial charge on any atom is -0.481 e. The molecule has 112 valence electrons. The summed E-state index contributed by atoms with van der Waals surface area (Å²) in [5, 5.41) is 8.64. The molecule has 2 unspecified atom stereocenters. The molecule has 1 saturated heterocycles. The maximum Gasteiger partial charge on any atom is 0.333 e. The molecule has 1 rings (SSSR count). The molecule has 1 aliphatic rings. The van der Waals surface area contributed by atoms with Crippen molar-refractivity contribution < 1.29 is 33.7 Å². The first kappa shape index (κ1) is 16.2. The topological polar surface area (TPSA) is 102 Å². The van der Waals surface area contributed by atoms with E-state index in [-0.39, 0.29) is 37.7 Å². The zero-order valence-electron chi connectivity index (χ0n) is 11.3. The van der Waals surface area contributed by atoms with Gasteiger partial charge in [-0.25, -0.2) is 4.79 Å². The van der Waals surface area contributed by atoms with Gasteiger partial charge in [0.25, 0.3) is 0 Å². The van der Waals surface area contributed by atoms with E-state index in [4.69, 9.17) is 19.3 Å². The SMILES string of the molecule is C=C(C)C(=O)OCC(CCC(=O)O)C(=O)OCC1CO1. The molecule has 1 heterocycles. The fraction of sp³-hybridized carbons (Fsp3) is 0.615. The van der Waals surface area contributed by atoms with Crippen LogP contribution in [0.15, 0.2) is 12.2 Å². The molecule has 0 saturated carbocycles. The van der Waals surface area contributed by atoms with Crippen molar-refractivity contribution in [3.8, 4) is 0 Å². The van der Waals surface area contributed by atoms with Crippen LogP contribution in [0, 0.1) is 5.92 Å².